The number of ketones is 1. The van der Waals surface area contributed by atoms with Crippen LogP contribution < -0.4 is 19.5 Å². The molecule has 1 amide bonds. The van der Waals surface area contributed by atoms with Crippen molar-refractivity contribution in [1.29, 1.82) is 5.26 Å². The molecule has 5 aromatic carbocycles. The summed E-state index contributed by atoms with van der Waals surface area (Å²) in [7, 11) is 0. The minimum Gasteiger partial charge on any atom is -0.494 e. The van der Waals surface area contributed by atoms with Crippen LogP contribution in [0.3, 0.4) is 0 Å². The average Bonchev–Trinajstić information content (AvgIpc) is 4.31. The summed E-state index contributed by atoms with van der Waals surface area (Å²) in [5.41, 5.74) is 1.17. The van der Waals surface area contributed by atoms with Gasteiger partial charge in [-0.2, -0.15) is 5.26 Å². The Balaban J connectivity index is 0.882. The number of benzene rings is 5. The molecule has 0 bridgehead atoms. The molecule has 77 heavy (non-hydrogen) atoms. The van der Waals surface area contributed by atoms with Crippen LogP contribution >= 0.6 is 0 Å². The Morgan fingerprint density at radius 1 is 0.675 bits per heavy atom. The lowest BCUT2D eigenvalue weighted by Gasteiger charge is -2.40. The van der Waals surface area contributed by atoms with Gasteiger partial charge in [0, 0.05) is 29.2 Å². The van der Waals surface area contributed by atoms with Gasteiger partial charge in [0.15, 0.2) is 5.78 Å². The smallest absolute Gasteiger partial charge is 0.343 e. The van der Waals surface area contributed by atoms with E-state index in [1.165, 1.54) is 6.08 Å². The van der Waals surface area contributed by atoms with E-state index in [9.17, 15) is 24.0 Å². The fourth-order valence-corrected chi connectivity index (χ4v) is 9.39. The van der Waals surface area contributed by atoms with Gasteiger partial charge in [0.05, 0.1) is 54.5 Å². The number of nitrogens with zero attached hydrogens (tertiary/aromatic N) is 1. The normalized spacial score (nSPS) is 16.7. The second-order valence-electron chi connectivity index (χ2n) is 21.0. The highest BCUT2D eigenvalue weighted by atomic mass is 16.7. The van der Waals surface area contributed by atoms with E-state index in [1.807, 2.05) is 62.4 Å². The van der Waals surface area contributed by atoms with Gasteiger partial charge in [-0.05, 0) is 186 Å². The zero-order chi connectivity index (χ0) is 54.8. The molecule has 14 heteroatoms. The molecule has 7 rings (SSSR count). The summed E-state index contributed by atoms with van der Waals surface area (Å²) < 4.78 is 39.9. The van der Waals surface area contributed by atoms with Gasteiger partial charge < -0.3 is 38.5 Å². The molecule has 2 heterocycles. The Labute approximate surface area is 452 Å². The monoisotopic (exact) mass is 1050 g/mol. The van der Waals surface area contributed by atoms with E-state index in [-0.39, 0.29) is 37.2 Å². The fraction of sp³-hybridized carbons (Fsp3) is 0.397. The SMILES string of the molecule is CCC(C)(CC(C)(CC(C)(C)C(=O)OC1CCCCO1)C(=O)OCCCCCCOc1ccc(C(=O)Oc2ccc(-c3ccc(C#N)cc3)cc2)cc1)C(=O)c1ccc(NC(=O)/C=C/c2ccc(OCC3CO3)cc2)cc1. The average molecular weight is 1050 g/mol. The molecule has 4 atom stereocenters. The lowest BCUT2D eigenvalue weighted by atomic mass is 9.63. The van der Waals surface area contributed by atoms with Crippen molar-refractivity contribution in [2.45, 2.75) is 111 Å². The third-order valence-electron chi connectivity index (χ3n) is 14.0. The number of rotatable bonds is 27. The van der Waals surface area contributed by atoms with Gasteiger partial charge in [-0.3, -0.25) is 19.2 Å². The molecule has 1 N–H and O–H groups in total. The first-order valence-electron chi connectivity index (χ1n) is 26.6. The molecule has 0 radical (unpaired) electrons. The summed E-state index contributed by atoms with van der Waals surface area (Å²) in [5, 5.41) is 11.9. The van der Waals surface area contributed by atoms with E-state index >= 15 is 0 Å². The van der Waals surface area contributed by atoms with Crippen molar-refractivity contribution < 1.29 is 57.1 Å². The molecular weight excluding hydrogens is 977 g/mol. The minimum atomic E-state index is -1.27. The fourth-order valence-electron chi connectivity index (χ4n) is 9.39. The summed E-state index contributed by atoms with van der Waals surface area (Å²) in [5.74, 6) is -0.226. The Bertz CT molecular complexity index is 2850. The van der Waals surface area contributed by atoms with Crippen molar-refractivity contribution in [2.24, 2.45) is 16.2 Å². The quantitative estimate of drug-likeness (QED) is 0.0131. The van der Waals surface area contributed by atoms with Gasteiger partial charge >= 0.3 is 17.9 Å². The highest BCUT2D eigenvalue weighted by molar-refractivity contribution is 6.03. The molecule has 4 unspecified atom stereocenters. The Morgan fingerprint density at radius 3 is 1.91 bits per heavy atom. The number of esters is 3. The predicted molar refractivity (Wildman–Crippen MR) is 292 cm³/mol. The van der Waals surface area contributed by atoms with Gasteiger partial charge in [0.1, 0.15) is 30.0 Å². The first kappa shape index (κ1) is 57.1. The van der Waals surface area contributed by atoms with E-state index in [1.54, 1.807) is 99.6 Å². The predicted octanol–water partition coefficient (Wildman–Crippen LogP) is 12.5. The molecule has 2 aliphatic heterocycles. The molecule has 2 saturated heterocycles. The molecule has 0 aromatic heterocycles. The summed E-state index contributed by atoms with van der Waals surface area (Å²) in [6, 6.07) is 37.4. The number of amides is 1. The topological polar surface area (TPSA) is 189 Å². The number of Topliss-reactive ketones (excluding diaryl/α,β-unsaturated/α-hetero) is 1. The molecule has 0 aliphatic carbocycles. The van der Waals surface area contributed by atoms with Crippen molar-refractivity contribution in [3.8, 4) is 34.4 Å². The number of carbonyl (C=O) groups excluding carboxylic acids is 5. The number of hydrogen-bond donors (Lipinski definition) is 1. The molecule has 404 valence electrons. The van der Waals surface area contributed by atoms with E-state index in [2.05, 4.69) is 11.4 Å². The van der Waals surface area contributed by atoms with Crippen molar-refractivity contribution in [3.05, 3.63) is 150 Å². The molecule has 2 fully saturated rings. The lowest BCUT2D eigenvalue weighted by Crippen LogP contribution is -2.44. The zero-order valence-corrected chi connectivity index (χ0v) is 44.8. The summed E-state index contributed by atoms with van der Waals surface area (Å²) >= 11 is 0. The van der Waals surface area contributed by atoms with Crippen molar-refractivity contribution in [1.82, 2.24) is 0 Å². The van der Waals surface area contributed by atoms with Crippen molar-refractivity contribution >= 4 is 41.4 Å². The van der Waals surface area contributed by atoms with Gasteiger partial charge in [-0.15, -0.1) is 0 Å². The maximum Gasteiger partial charge on any atom is 0.343 e. The van der Waals surface area contributed by atoms with Crippen molar-refractivity contribution in [3.63, 3.8) is 0 Å². The van der Waals surface area contributed by atoms with Crippen molar-refractivity contribution in [2.75, 3.05) is 38.4 Å². The van der Waals surface area contributed by atoms with Gasteiger partial charge in [-0.25, -0.2) is 4.79 Å². The van der Waals surface area contributed by atoms with Crippen LogP contribution in [0.25, 0.3) is 17.2 Å². The highest BCUT2D eigenvalue weighted by Gasteiger charge is 2.49. The Kier molecular flexibility index (Phi) is 20.0. The van der Waals surface area contributed by atoms with E-state index in [0.717, 1.165) is 61.2 Å². The summed E-state index contributed by atoms with van der Waals surface area (Å²) in [4.78, 5) is 68.3. The van der Waals surface area contributed by atoms with E-state index < -0.39 is 40.4 Å². The van der Waals surface area contributed by atoms with Crippen LogP contribution in [0.15, 0.2) is 127 Å². The van der Waals surface area contributed by atoms with Gasteiger partial charge in [-0.1, -0.05) is 50.2 Å². The number of anilines is 1. The number of carbonyl (C=O) groups is 5. The maximum atomic E-state index is 14.5. The van der Waals surface area contributed by atoms with Crippen LogP contribution in [-0.4, -0.2) is 75.0 Å². The molecule has 14 nitrogen and oxygen atoms in total. The molecule has 0 saturated carbocycles. The van der Waals surface area contributed by atoms with Crippen LogP contribution in [0.5, 0.6) is 17.2 Å². The first-order chi connectivity index (χ1) is 37.0. The summed E-state index contributed by atoms with van der Waals surface area (Å²) in [6.07, 6.45) is 8.54. The number of hydrogen-bond acceptors (Lipinski definition) is 13. The third-order valence-corrected chi connectivity index (χ3v) is 14.0. The second kappa shape index (κ2) is 26.9. The number of nitrogens with one attached hydrogen (secondary N) is 1. The van der Waals surface area contributed by atoms with Crippen LogP contribution in [0, 0.1) is 27.6 Å². The minimum absolute atomic E-state index is 0.0643. The van der Waals surface area contributed by atoms with Crippen LogP contribution in [-0.2, 0) is 33.3 Å². The van der Waals surface area contributed by atoms with Crippen LogP contribution in [0.2, 0.25) is 0 Å². The highest BCUT2D eigenvalue weighted by Crippen LogP contribution is 2.47. The standard InChI is InChI=1S/C63H70N2O12/c1-6-62(4,57(67)48-21-27-50(28-22-48)65-55(66)35-18-44-16-29-52(30-17-44)74-40-54-41-75-54)43-63(5,42-61(2,3)59(69)77-56-13-9-12-37-72-56)60(70)73-38-11-8-7-10-36-71-51-31-25-49(26-32-51)58(68)76-53-33-23-47(24-34-53)46-19-14-45(39-64)15-20-46/h14-35,54,56H,6-13,36-38,40-43H2,1-5H3,(H,65,66)/b35-18+. The molecule has 0 spiro atoms. The maximum absolute atomic E-state index is 14.5. The number of nitriles is 1. The van der Waals surface area contributed by atoms with E-state index in [0.29, 0.717) is 73.0 Å². The number of ether oxygens (including phenoxy) is 7. The number of unbranched alkanes of at least 4 members (excludes halogenated alkanes) is 3. The first-order valence-corrected chi connectivity index (χ1v) is 26.6. The summed E-state index contributed by atoms with van der Waals surface area (Å²) in [6.45, 7) is 11.4. The molecule has 5 aromatic rings. The van der Waals surface area contributed by atoms with Gasteiger partial charge in [0.2, 0.25) is 12.2 Å². The number of epoxide rings is 1. The largest absolute Gasteiger partial charge is 0.494 e. The Hall–Kier alpha value is -7.60. The lowest BCUT2D eigenvalue weighted by molar-refractivity contribution is -0.198. The third kappa shape index (κ3) is 16.9. The zero-order valence-electron chi connectivity index (χ0n) is 44.8. The molecule has 2 aliphatic rings. The van der Waals surface area contributed by atoms with Crippen LogP contribution in [0.4, 0.5) is 5.69 Å². The Morgan fingerprint density at radius 2 is 1.29 bits per heavy atom. The van der Waals surface area contributed by atoms with Gasteiger partial charge in [0.25, 0.3) is 0 Å². The molecular formula is C63H70N2O12. The second-order valence-corrected chi connectivity index (χ2v) is 21.0. The van der Waals surface area contributed by atoms with E-state index in [4.69, 9.17) is 38.4 Å². The van der Waals surface area contributed by atoms with Crippen LogP contribution in [0.1, 0.15) is 131 Å².